The lowest BCUT2D eigenvalue weighted by Crippen LogP contribution is -2.35. The number of carbonyl (C=O) groups is 12. The van der Waals surface area contributed by atoms with Gasteiger partial charge in [0.1, 0.15) is 39.6 Å². The number of carbonyl (C=O) groups excluding carboxylic acids is 15. The van der Waals surface area contributed by atoms with Crippen molar-refractivity contribution in [2.24, 2.45) is 33.5 Å². The number of nitrogens with one attached hydrogen (secondary N) is 4. The predicted octanol–water partition coefficient (Wildman–Crippen LogP) is 13.9. The number of hydrogen-bond acceptors (Lipinski definition) is 26. The van der Waals surface area contributed by atoms with Gasteiger partial charge in [-0.15, -0.1) is 0 Å². The SMILES string of the molecule is C=CC(=O)OCC(C)(CC)C(=O)OCCOC(=O)c1ccccc1C(=O)O.CCC(C)(C)C(=O)OCCNC(=O)Nc1ccccc1.CCCCC(CC)COC(=O)CCCCCOC(=O)NCCOC(=O)C(C)(C)CC.CCCCC(CC)COC(=O)CCCCCOC(=O)NCCOC(=O)C(C)(C)CC.O=C=O.O=C=O. The number of unbranched alkanes of at least 4 members (excludes halogenated alkanes) is 6. The van der Waals surface area contributed by atoms with Gasteiger partial charge < -0.3 is 73.7 Å². The topological polar surface area (TPSA) is 434 Å². The minimum atomic E-state index is -1.25. The van der Waals surface area contributed by atoms with Gasteiger partial charge >= 0.3 is 84.2 Å². The number of para-hydroxylation sites is 1. The number of rotatable bonds is 50. The van der Waals surface area contributed by atoms with E-state index in [0.717, 1.165) is 70.3 Å². The van der Waals surface area contributed by atoms with Crippen LogP contribution in [0, 0.1) is 33.5 Å². The van der Waals surface area contributed by atoms with Crippen LogP contribution in [-0.4, -0.2) is 175 Å². The van der Waals surface area contributed by atoms with Gasteiger partial charge in [0.2, 0.25) is 0 Å². The number of carboxylic acid groups (broad SMARTS) is 1. The summed E-state index contributed by atoms with van der Waals surface area (Å²) in [5, 5.41) is 19.5. The van der Waals surface area contributed by atoms with E-state index in [-0.39, 0.29) is 119 Å². The molecule has 0 aliphatic rings. The number of hydrogen-bond donors (Lipinski definition) is 5. The monoisotopic (exact) mass is 1600 g/mol. The third-order valence-corrected chi connectivity index (χ3v) is 17.6. The van der Waals surface area contributed by atoms with Crippen LogP contribution in [0.1, 0.15) is 253 Å². The molecule has 0 spiro atoms. The first-order valence-corrected chi connectivity index (χ1v) is 38.7. The van der Waals surface area contributed by atoms with E-state index in [1.165, 1.54) is 37.1 Å². The van der Waals surface area contributed by atoms with Gasteiger partial charge in [-0.2, -0.15) is 19.2 Å². The van der Waals surface area contributed by atoms with E-state index in [4.69, 9.17) is 71.7 Å². The summed E-state index contributed by atoms with van der Waals surface area (Å²) in [5.41, 5.74) is -2.10. The van der Waals surface area contributed by atoms with Gasteiger partial charge in [-0.05, 0) is 162 Å². The molecule has 31 nitrogen and oxygen atoms in total. The summed E-state index contributed by atoms with van der Waals surface area (Å²) in [5.74, 6) is -3.50. The van der Waals surface area contributed by atoms with Crippen LogP contribution >= 0.6 is 0 Å². The summed E-state index contributed by atoms with van der Waals surface area (Å²) < 4.78 is 51.2. The van der Waals surface area contributed by atoms with Crippen LogP contribution in [-0.2, 0) is 100 Å². The summed E-state index contributed by atoms with van der Waals surface area (Å²) in [6.07, 6.45) is 17.1. The van der Waals surface area contributed by atoms with Crippen molar-refractivity contribution in [2.45, 2.75) is 232 Å². The molecule has 2 rings (SSSR count). The second kappa shape index (κ2) is 67.7. The van der Waals surface area contributed by atoms with Crippen molar-refractivity contribution in [2.75, 3.05) is 91.0 Å². The highest BCUT2D eigenvalue weighted by atomic mass is 16.6. The second-order valence-corrected chi connectivity index (χ2v) is 27.8. The molecule has 2 aromatic carbocycles. The second-order valence-electron chi connectivity index (χ2n) is 27.8. The highest BCUT2D eigenvalue weighted by molar-refractivity contribution is 6.02. The van der Waals surface area contributed by atoms with E-state index in [2.05, 4.69) is 55.5 Å². The fourth-order valence-corrected chi connectivity index (χ4v) is 8.47. The average Bonchev–Trinajstić information content (AvgIpc) is 0.813. The molecule has 0 aliphatic heterocycles. The zero-order valence-corrected chi connectivity index (χ0v) is 69.5. The van der Waals surface area contributed by atoms with Crippen molar-refractivity contribution in [1.82, 2.24) is 16.0 Å². The van der Waals surface area contributed by atoms with Crippen molar-refractivity contribution in [3.63, 3.8) is 0 Å². The summed E-state index contributed by atoms with van der Waals surface area (Å²) in [4.78, 5) is 173. The van der Waals surface area contributed by atoms with Gasteiger partial charge in [0.25, 0.3) is 0 Å². The molecule has 3 unspecified atom stereocenters. The zero-order valence-electron chi connectivity index (χ0n) is 69.5. The van der Waals surface area contributed by atoms with Gasteiger partial charge in [0, 0.05) is 24.6 Å². The number of amides is 4. The third-order valence-electron chi connectivity index (χ3n) is 17.6. The lowest BCUT2D eigenvalue weighted by Gasteiger charge is -2.25. The number of urea groups is 1. The van der Waals surface area contributed by atoms with Gasteiger partial charge in [0.05, 0.1) is 78.8 Å². The molecule has 0 saturated carbocycles. The molecule has 0 saturated heterocycles. The van der Waals surface area contributed by atoms with E-state index < -0.39 is 57.7 Å². The predicted molar refractivity (Wildman–Crippen MR) is 417 cm³/mol. The molecule has 0 aliphatic carbocycles. The molecule has 0 bridgehead atoms. The molecule has 2 aromatic rings. The molecule has 113 heavy (non-hydrogen) atoms. The Bertz CT molecular complexity index is 3030. The number of benzene rings is 2. The molecule has 0 aromatic heterocycles. The van der Waals surface area contributed by atoms with Gasteiger partial charge in [-0.1, -0.05) is 131 Å². The molecule has 5 N–H and O–H groups in total. The van der Waals surface area contributed by atoms with E-state index in [9.17, 15) is 57.5 Å². The van der Waals surface area contributed by atoms with Crippen LogP contribution < -0.4 is 21.3 Å². The Balaban J connectivity index is -0.000000689. The number of ether oxygens (including phenoxy) is 10. The fraction of sp³-hybridized carbons (Fsp3) is 0.659. The average molecular weight is 1600 g/mol. The molecule has 0 heterocycles. The summed E-state index contributed by atoms with van der Waals surface area (Å²) in [7, 11) is 0. The molecular weight excluding hydrogens is 1470 g/mol. The van der Waals surface area contributed by atoms with E-state index >= 15 is 0 Å². The van der Waals surface area contributed by atoms with Crippen LogP contribution in [0.4, 0.5) is 20.1 Å². The van der Waals surface area contributed by atoms with Crippen molar-refractivity contribution in [3.05, 3.63) is 78.4 Å². The third kappa shape index (κ3) is 57.6. The lowest BCUT2D eigenvalue weighted by atomic mass is 9.89. The highest BCUT2D eigenvalue weighted by Crippen LogP contribution is 2.26. The van der Waals surface area contributed by atoms with Gasteiger partial charge in [-0.3, -0.25) is 28.8 Å². The number of anilines is 1. The van der Waals surface area contributed by atoms with E-state index in [1.54, 1.807) is 26.0 Å². The zero-order chi connectivity index (χ0) is 86.5. The maximum Gasteiger partial charge on any atom is 0.407 e. The molecular formula is C82H130N4O27. The number of alkyl carbamates (subject to hydrolysis) is 2. The molecule has 3 atom stereocenters. The minimum Gasteiger partial charge on any atom is -0.478 e. The molecule has 0 fully saturated rings. The van der Waals surface area contributed by atoms with Crippen LogP contribution in [0.3, 0.4) is 0 Å². The van der Waals surface area contributed by atoms with Crippen molar-refractivity contribution in [3.8, 4) is 0 Å². The quantitative estimate of drug-likeness (QED) is 0.0178. The first-order chi connectivity index (χ1) is 53.6. The minimum absolute atomic E-state index is 0.0916. The Hall–Kier alpha value is -10.0. The first kappa shape index (κ1) is 109. The molecule has 4 amide bonds. The highest BCUT2D eigenvalue weighted by Gasteiger charge is 2.35. The Morgan fingerprint density at radius 2 is 0.814 bits per heavy atom. The van der Waals surface area contributed by atoms with Crippen LogP contribution in [0.15, 0.2) is 67.3 Å². The van der Waals surface area contributed by atoms with Crippen molar-refractivity contribution < 1.29 is 129 Å². The summed E-state index contributed by atoms with van der Waals surface area (Å²) in [6.45, 7) is 34.1. The Labute approximate surface area is 667 Å². The summed E-state index contributed by atoms with van der Waals surface area (Å²) >= 11 is 0. The smallest absolute Gasteiger partial charge is 0.407 e. The normalized spacial score (nSPS) is 11.5. The largest absolute Gasteiger partial charge is 0.478 e. The number of esters is 8. The van der Waals surface area contributed by atoms with E-state index in [0.29, 0.717) is 95.3 Å². The first-order valence-electron chi connectivity index (χ1n) is 38.7. The molecule has 640 valence electrons. The summed E-state index contributed by atoms with van der Waals surface area (Å²) in [6, 6.07) is 14.4. The van der Waals surface area contributed by atoms with E-state index in [1.807, 2.05) is 80.5 Å². The molecule has 0 radical (unpaired) electrons. The number of aromatic carboxylic acids is 1. The Morgan fingerprint density at radius 1 is 0.434 bits per heavy atom. The Kier molecular flexibility index (Phi) is 65.4. The standard InChI is InChI=1S/2C23H43NO6.C19H22O8.C15H22N2O3.2CO2/c2*1-6-9-13-19(7-2)18-30-20(25)14-11-10-12-16-29-22(27)24-15-17-28-21(26)23(4,5)8-3;1-4-15(20)27-12-19(3,5-2)18(24)26-11-10-25-17(23)14-9-7-6-8-13(14)16(21)22;1-4-15(2,3)13(18)20-11-10-16-14(19)17-12-8-6-5-7-9-12;2*2-1-3/h2*19H,6-18H2,1-5H3,(H,24,27);4,6-9H,1,5,10-12H2,2-3H3,(H,21,22);5-9H,4,10-11H2,1-3H3,(H2,16,17,19);;. The maximum atomic E-state index is 12.2. The number of carboxylic acids is 1. The van der Waals surface area contributed by atoms with Gasteiger partial charge in [-0.25, -0.2) is 28.8 Å². The van der Waals surface area contributed by atoms with Crippen LogP contribution in [0.25, 0.3) is 0 Å². The van der Waals surface area contributed by atoms with Crippen molar-refractivity contribution in [1.29, 1.82) is 0 Å². The fourth-order valence-electron chi connectivity index (χ4n) is 8.47. The van der Waals surface area contributed by atoms with Crippen LogP contribution in [0.2, 0.25) is 0 Å². The van der Waals surface area contributed by atoms with Crippen LogP contribution in [0.5, 0.6) is 0 Å². The van der Waals surface area contributed by atoms with Crippen molar-refractivity contribution >= 4 is 89.9 Å². The molecule has 31 heteroatoms. The van der Waals surface area contributed by atoms with Gasteiger partial charge in [0.15, 0.2) is 0 Å². The maximum absolute atomic E-state index is 12.2. The Morgan fingerprint density at radius 3 is 1.19 bits per heavy atom. The lowest BCUT2D eigenvalue weighted by molar-refractivity contribution is -0.193.